The Hall–Kier alpha value is -2.87. The van der Waals surface area contributed by atoms with Crippen LogP contribution in [0.3, 0.4) is 0 Å². The zero-order chi connectivity index (χ0) is 21.8. The van der Waals surface area contributed by atoms with Crippen LogP contribution < -0.4 is 9.64 Å². The molecule has 2 aliphatic rings. The summed E-state index contributed by atoms with van der Waals surface area (Å²) in [7, 11) is 0. The van der Waals surface area contributed by atoms with Crippen molar-refractivity contribution in [2.75, 3.05) is 18.0 Å². The van der Waals surface area contributed by atoms with Gasteiger partial charge in [-0.15, -0.1) is 0 Å². The summed E-state index contributed by atoms with van der Waals surface area (Å²) < 4.78 is 54.9. The van der Waals surface area contributed by atoms with E-state index in [1.165, 1.54) is 6.20 Å². The number of alkyl halides is 3. The third kappa shape index (κ3) is 5.25. The number of nitrogens with zero attached hydrogens (tertiary/aromatic N) is 5. The van der Waals surface area contributed by atoms with Crippen LogP contribution in [0.1, 0.15) is 49.9 Å². The number of nitriles is 1. The zero-order valence-corrected chi connectivity index (χ0v) is 16.7. The van der Waals surface area contributed by atoms with Crippen molar-refractivity contribution in [3.05, 3.63) is 29.8 Å². The summed E-state index contributed by atoms with van der Waals surface area (Å²) in [6, 6.07) is 3.69. The summed E-state index contributed by atoms with van der Waals surface area (Å²) in [6.45, 7) is 1.00. The molecule has 1 aliphatic carbocycles. The Morgan fingerprint density at radius 3 is 2.39 bits per heavy atom. The minimum atomic E-state index is -4.61. The van der Waals surface area contributed by atoms with Gasteiger partial charge in [-0.25, -0.2) is 0 Å². The van der Waals surface area contributed by atoms with E-state index in [2.05, 4.69) is 21.2 Å². The van der Waals surface area contributed by atoms with Crippen molar-refractivity contribution in [2.24, 2.45) is 0 Å². The molecule has 2 fully saturated rings. The van der Waals surface area contributed by atoms with Crippen molar-refractivity contribution in [3.8, 4) is 11.8 Å². The van der Waals surface area contributed by atoms with Crippen LogP contribution in [-0.2, 0) is 10.9 Å². The Bertz CT molecular complexity index is 913. The van der Waals surface area contributed by atoms with Gasteiger partial charge in [-0.2, -0.15) is 23.4 Å². The molecule has 0 bridgehead atoms. The summed E-state index contributed by atoms with van der Waals surface area (Å²) in [5, 5.41) is 12.1. The minimum Gasteiger partial charge on any atom is -0.489 e. The molecule has 1 saturated heterocycles. The van der Waals surface area contributed by atoms with Gasteiger partial charge in [0.15, 0.2) is 0 Å². The summed E-state index contributed by atoms with van der Waals surface area (Å²) in [4.78, 5) is 9.04. The maximum Gasteiger partial charge on any atom is 0.455 e. The first-order valence-electron chi connectivity index (χ1n) is 10.2. The maximum atomic E-state index is 12.6. The number of halogens is 3. The second kappa shape index (κ2) is 9.09. The zero-order valence-electron chi connectivity index (χ0n) is 16.7. The Morgan fingerprint density at radius 2 is 1.74 bits per heavy atom. The number of ether oxygens (including phenoxy) is 2. The molecule has 4 rings (SSSR count). The van der Waals surface area contributed by atoms with E-state index in [0.717, 1.165) is 25.7 Å². The van der Waals surface area contributed by atoms with Crippen molar-refractivity contribution in [1.82, 2.24) is 15.1 Å². The van der Waals surface area contributed by atoms with Crippen LogP contribution in [0.25, 0.3) is 0 Å². The third-order valence-corrected chi connectivity index (χ3v) is 5.58. The first-order valence-corrected chi connectivity index (χ1v) is 10.2. The Morgan fingerprint density at radius 1 is 1.06 bits per heavy atom. The predicted octanol–water partition coefficient (Wildman–Crippen LogP) is 3.73. The van der Waals surface area contributed by atoms with Gasteiger partial charge in [0.1, 0.15) is 17.4 Å². The Labute approximate surface area is 177 Å². The van der Waals surface area contributed by atoms with Gasteiger partial charge >= 0.3 is 12.2 Å². The molecule has 0 radical (unpaired) electrons. The van der Waals surface area contributed by atoms with Gasteiger partial charge in [0.05, 0.1) is 18.3 Å². The lowest BCUT2D eigenvalue weighted by molar-refractivity contribution is -0.146. The van der Waals surface area contributed by atoms with Crippen molar-refractivity contribution < 1.29 is 27.2 Å². The molecule has 31 heavy (non-hydrogen) atoms. The highest BCUT2D eigenvalue weighted by atomic mass is 19.4. The van der Waals surface area contributed by atoms with Gasteiger partial charge in [-0.05, 0) is 49.7 Å². The van der Waals surface area contributed by atoms with Crippen molar-refractivity contribution >= 4 is 6.01 Å². The number of hydrogen-bond donors (Lipinski definition) is 0. The molecule has 166 valence electrons. The molecule has 0 N–H and O–H groups in total. The lowest BCUT2D eigenvalue weighted by Gasteiger charge is -2.35. The number of rotatable bonds is 5. The smallest absolute Gasteiger partial charge is 0.455 e. The fourth-order valence-electron chi connectivity index (χ4n) is 3.95. The predicted molar refractivity (Wildman–Crippen MR) is 101 cm³/mol. The molecule has 1 aliphatic heterocycles. The first kappa shape index (κ1) is 21.4. The van der Waals surface area contributed by atoms with Crippen molar-refractivity contribution in [1.29, 1.82) is 5.26 Å². The molecule has 0 spiro atoms. The molecule has 11 heteroatoms. The Balaban J connectivity index is 1.21. The second-order valence-electron chi connectivity index (χ2n) is 7.72. The number of aromatic nitrogens is 3. The standard InChI is InChI=1S/C20H22F3N5O3/c21-20(22,23)18-26-19(31-27-18)28-9-6-16(7-10-28)29-14-1-3-15(4-2-14)30-17-5-8-25-12-13(17)11-24/h5,8,12,14-16H,1-4,6-7,9-10H2/t14-,15-. The van der Waals surface area contributed by atoms with Crippen LogP contribution >= 0.6 is 0 Å². The SMILES string of the molecule is N#Cc1cnccc1O[C@H]1CC[C@H](OC2CCN(c3nc(C(F)(F)F)no3)CC2)CC1. The van der Waals surface area contributed by atoms with Crippen LogP contribution in [0.4, 0.5) is 19.2 Å². The fourth-order valence-corrected chi connectivity index (χ4v) is 3.95. The van der Waals surface area contributed by atoms with Crippen LogP contribution in [-0.4, -0.2) is 46.5 Å². The summed E-state index contributed by atoms with van der Waals surface area (Å²) in [5.41, 5.74) is 0.427. The molecule has 3 heterocycles. The minimum absolute atomic E-state index is 0.0385. The van der Waals surface area contributed by atoms with E-state index in [1.54, 1.807) is 17.2 Å². The second-order valence-corrected chi connectivity index (χ2v) is 7.72. The summed E-state index contributed by atoms with van der Waals surface area (Å²) >= 11 is 0. The van der Waals surface area contributed by atoms with E-state index in [9.17, 15) is 13.2 Å². The van der Waals surface area contributed by atoms with Gasteiger partial charge in [0.25, 0.3) is 5.82 Å². The fraction of sp³-hybridized carbons (Fsp3) is 0.600. The molecule has 8 nitrogen and oxygen atoms in total. The maximum absolute atomic E-state index is 12.6. The summed E-state index contributed by atoms with van der Waals surface area (Å²) in [6.07, 6.45) is 3.45. The molecule has 1 saturated carbocycles. The van der Waals surface area contributed by atoms with E-state index < -0.39 is 12.0 Å². The number of pyridine rings is 1. The molecule has 2 aromatic heterocycles. The highest BCUT2D eigenvalue weighted by Crippen LogP contribution is 2.31. The van der Waals surface area contributed by atoms with E-state index in [4.69, 9.17) is 19.3 Å². The average molecular weight is 437 g/mol. The van der Waals surface area contributed by atoms with Crippen molar-refractivity contribution in [2.45, 2.75) is 63.0 Å². The molecule has 0 aromatic carbocycles. The van der Waals surface area contributed by atoms with Gasteiger partial charge < -0.3 is 18.9 Å². The van der Waals surface area contributed by atoms with E-state index in [0.29, 0.717) is 37.2 Å². The van der Waals surface area contributed by atoms with Crippen LogP contribution in [0.5, 0.6) is 5.75 Å². The molecule has 0 atom stereocenters. The largest absolute Gasteiger partial charge is 0.489 e. The molecular formula is C20H22F3N5O3. The monoisotopic (exact) mass is 437 g/mol. The highest BCUT2D eigenvalue weighted by molar-refractivity contribution is 5.40. The molecule has 0 unspecified atom stereocenters. The van der Waals surface area contributed by atoms with E-state index >= 15 is 0 Å². The van der Waals surface area contributed by atoms with Crippen LogP contribution in [0, 0.1) is 11.3 Å². The summed E-state index contributed by atoms with van der Waals surface area (Å²) in [5.74, 6) is -0.697. The molecular weight excluding hydrogens is 415 g/mol. The number of hydrogen-bond acceptors (Lipinski definition) is 8. The highest BCUT2D eigenvalue weighted by Gasteiger charge is 2.38. The Kier molecular flexibility index (Phi) is 6.27. The normalized spacial score (nSPS) is 22.8. The van der Waals surface area contributed by atoms with E-state index in [1.807, 2.05) is 0 Å². The quantitative estimate of drug-likeness (QED) is 0.698. The topological polar surface area (TPSA) is 97.3 Å². The van der Waals surface area contributed by atoms with Gasteiger partial charge in [0, 0.05) is 25.5 Å². The van der Waals surface area contributed by atoms with Gasteiger partial charge in [-0.1, -0.05) is 0 Å². The van der Waals surface area contributed by atoms with Crippen LogP contribution in [0.15, 0.2) is 23.0 Å². The van der Waals surface area contributed by atoms with Gasteiger partial charge in [0.2, 0.25) is 0 Å². The van der Waals surface area contributed by atoms with E-state index in [-0.39, 0.29) is 24.3 Å². The molecule has 0 amide bonds. The number of piperidine rings is 1. The first-order chi connectivity index (χ1) is 14.9. The lowest BCUT2D eigenvalue weighted by atomic mass is 9.94. The number of anilines is 1. The van der Waals surface area contributed by atoms with Crippen LogP contribution in [0.2, 0.25) is 0 Å². The lowest BCUT2D eigenvalue weighted by Crippen LogP contribution is -2.40. The van der Waals surface area contributed by atoms with Gasteiger partial charge in [-0.3, -0.25) is 4.98 Å². The average Bonchev–Trinajstić information content (AvgIpc) is 3.27. The third-order valence-electron chi connectivity index (χ3n) is 5.58. The molecule has 2 aromatic rings. The van der Waals surface area contributed by atoms with Crippen molar-refractivity contribution in [3.63, 3.8) is 0 Å².